The normalized spacial score (nSPS) is 10.3. The fourth-order valence-electron chi connectivity index (χ4n) is 0.904. The van der Waals surface area contributed by atoms with Crippen LogP contribution in [0.15, 0.2) is 12.2 Å². The fraction of sp³-hybridized carbons (Fsp3) is 0.500. The van der Waals surface area contributed by atoms with Crippen LogP contribution in [0, 0.1) is 0 Å². The molecule has 0 bridgehead atoms. The molecule has 0 atom stereocenters. The topological polar surface area (TPSA) is 59.9 Å². The summed E-state index contributed by atoms with van der Waals surface area (Å²) in [5.41, 5.74) is 0.975. The van der Waals surface area contributed by atoms with Gasteiger partial charge in [0.2, 0.25) is 11.2 Å². The SMILES string of the molecule is C=C(C)CNc1nc(Cl)nc(OC(C)C)n1. The lowest BCUT2D eigenvalue weighted by atomic mass is 10.3. The van der Waals surface area contributed by atoms with Crippen LogP contribution in [0.25, 0.3) is 0 Å². The molecule has 1 aromatic rings. The summed E-state index contributed by atoms with van der Waals surface area (Å²) in [6.07, 6.45) is -0.00698. The van der Waals surface area contributed by atoms with Gasteiger partial charge in [-0.05, 0) is 32.4 Å². The second-order valence-corrected chi connectivity index (χ2v) is 4.03. The van der Waals surface area contributed by atoms with Crippen molar-refractivity contribution in [2.75, 3.05) is 11.9 Å². The van der Waals surface area contributed by atoms with Gasteiger partial charge in [-0.1, -0.05) is 12.2 Å². The highest BCUT2D eigenvalue weighted by Crippen LogP contribution is 2.12. The number of nitrogens with zero attached hydrogens (tertiary/aromatic N) is 3. The molecular formula is C10H15ClN4O. The molecule has 1 rings (SSSR count). The molecule has 1 aromatic heterocycles. The number of aromatic nitrogens is 3. The zero-order chi connectivity index (χ0) is 12.1. The molecule has 0 aliphatic rings. The summed E-state index contributed by atoms with van der Waals surface area (Å²) in [7, 11) is 0. The van der Waals surface area contributed by atoms with E-state index in [9.17, 15) is 0 Å². The third-order valence-corrected chi connectivity index (χ3v) is 1.65. The first kappa shape index (κ1) is 12.7. The van der Waals surface area contributed by atoms with Gasteiger partial charge < -0.3 is 10.1 Å². The van der Waals surface area contributed by atoms with Crippen LogP contribution < -0.4 is 10.1 Å². The van der Waals surface area contributed by atoms with Crippen molar-refractivity contribution in [3.8, 4) is 6.01 Å². The van der Waals surface area contributed by atoms with Crippen molar-refractivity contribution in [3.63, 3.8) is 0 Å². The Balaban J connectivity index is 2.77. The summed E-state index contributed by atoms with van der Waals surface area (Å²) in [5.74, 6) is 0.388. The Labute approximate surface area is 99.9 Å². The van der Waals surface area contributed by atoms with Crippen LogP contribution in [0.4, 0.5) is 5.95 Å². The number of anilines is 1. The average molecular weight is 243 g/mol. The molecule has 0 spiro atoms. The van der Waals surface area contributed by atoms with Gasteiger partial charge in [-0.25, -0.2) is 0 Å². The summed E-state index contributed by atoms with van der Waals surface area (Å²) < 4.78 is 5.33. The Morgan fingerprint density at radius 1 is 1.44 bits per heavy atom. The minimum atomic E-state index is -0.00698. The van der Waals surface area contributed by atoms with Gasteiger partial charge in [0.1, 0.15) is 0 Å². The lowest BCUT2D eigenvalue weighted by Crippen LogP contribution is -2.12. The molecule has 0 aromatic carbocycles. The molecule has 1 N–H and O–H groups in total. The van der Waals surface area contributed by atoms with E-state index in [1.807, 2.05) is 20.8 Å². The maximum atomic E-state index is 5.74. The predicted molar refractivity (Wildman–Crippen MR) is 63.9 cm³/mol. The molecule has 0 aliphatic carbocycles. The Morgan fingerprint density at radius 3 is 2.69 bits per heavy atom. The summed E-state index contributed by atoms with van der Waals surface area (Å²) >= 11 is 5.74. The van der Waals surface area contributed by atoms with Crippen LogP contribution in [0.2, 0.25) is 5.28 Å². The Bertz CT molecular complexity index is 381. The van der Waals surface area contributed by atoms with Crippen LogP contribution in [-0.4, -0.2) is 27.6 Å². The molecule has 5 nitrogen and oxygen atoms in total. The van der Waals surface area contributed by atoms with Gasteiger partial charge in [0, 0.05) is 6.54 Å². The molecule has 0 fully saturated rings. The molecule has 0 aliphatic heterocycles. The van der Waals surface area contributed by atoms with Crippen molar-refractivity contribution >= 4 is 17.5 Å². The summed E-state index contributed by atoms with van der Waals surface area (Å²) in [6.45, 7) is 10.0. The van der Waals surface area contributed by atoms with Crippen LogP contribution in [0.1, 0.15) is 20.8 Å². The van der Waals surface area contributed by atoms with Crippen molar-refractivity contribution in [1.29, 1.82) is 0 Å². The molecule has 0 amide bonds. The molecular weight excluding hydrogens is 228 g/mol. The highest BCUT2D eigenvalue weighted by molar-refractivity contribution is 6.28. The molecule has 88 valence electrons. The van der Waals surface area contributed by atoms with E-state index in [0.29, 0.717) is 12.5 Å². The van der Waals surface area contributed by atoms with E-state index in [4.69, 9.17) is 16.3 Å². The first-order chi connectivity index (χ1) is 7.47. The molecule has 16 heavy (non-hydrogen) atoms. The number of ether oxygens (including phenoxy) is 1. The van der Waals surface area contributed by atoms with Gasteiger partial charge in [-0.2, -0.15) is 15.0 Å². The Morgan fingerprint density at radius 2 is 2.12 bits per heavy atom. The molecule has 1 heterocycles. The number of halogens is 1. The monoisotopic (exact) mass is 242 g/mol. The predicted octanol–water partition coefficient (Wildman–Crippen LogP) is 2.30. The van der Waals surface area contributed by atoms with E-state index < -0.39 is 0 Å². The number of rotatable bonds is 5. The third kappa shape index (κ3) is 4.44. The zero-order valence-corrected chi connectivity index (χ0v) is 10.4. The van der Waals surface area contributed by atoms with Gasteiger partial charge in [0.05, 0.1) is 6.10 Å². The minimum absolute atomic E-state index is 0.00698. The first-order valence-corrected chi connectivity index (χ1v) is 5.31. The number of nitrogens with one attached hydrogen (secondary N) is 1. The van der Waals surface area contributed by atoms with Gasteiger partial charge in [0.15, 0.2) is 0 Å². The maximum absolute atomic E-state index is 5.74. The second kappa shape index (κ2) is 5.65. The van der Waals surface area contributed by atoms with Gasteiger partial charge in [0.25, 0.3) is 0 Å². The second-order valence-electron chi connectivity index (χ2n) is 3.69. The third-order valence-electron chi connectivity index (χ3n) is 1.48. The smallest absolute Gasteiger partial charge is 0.322 e. The highest BCUT2D eigenvalue weighted by Gasteiger charge is 2.07. The molecule has 0 unspecified atom stereocenters. The summed E-state index contributed by atoms with van der Waals surface area (Å²) in [6, 6.07) is 0.221. The highest BCUT2D eigenvalue weighted by atomic mass is 35.5. The van der Waals surface area contributed by atoms with Crippen LogP contribution in [0.5, 0.6) is 6.01 Å². The van der Waals surface area contributed by atoms with E-state index in [1.54, 1.807) is 0 Å². The van der Waals surface area contributed by atoms with Crippen LogP contribution >= 0.6 is 11.6 Å². The molecule has 0 saturated heterocycles. The van der Waals surface area contributed by atoms with E-state index in [-0.39, 0.29) is 17.4 Å². The quantitative estimate of drug-likeness (QED) is 0.803. The van der Waals surface area contributed by atoms with Crippen LogP contribution in [0.3, 0.4) is 0 Å². The van der Waals surface area contributed by atoms with Crippen LogP contribution in [-0.2, 0) is 0 Å². The summed E-state index contributed by atoms with van der Waals surface area (Å²) in [4.78, 5) is 11.8. The number of hydrogen-bond acceptors (Lipinski definition) is 5. The maximum Gasteiger partial charge on any atom is 0.322 e. The van der Waals surface area contributed by atoms with E-state index in [2.05, 4.69) is 26.8 Å². The fourth-order valence-corrected chi connectivity index (χ4v) is 1.06. The number of hydrogen-bond donors (Lipinski definition) is 1. The van der Waals surface area contributed by atoms with Gasteiger partial charge in [-0.3, -0.25) is 0 Å². The molecule has 0 saturated carbocycles. The molecule has 6 heteroatoms. The van der Waals surface area contributed by atoms with E-state index in [0.717, 1.165) is 5.57 Å². The average Bonchev–Trinajstić information content (AvgIpc) is 2.12. The van der Waals surface area contributed by atoms with Crippen molar-refractivity contribution in [2.24, 2.45) is 0 Å². The largest absolute Gasteiger partial charge is 0.461 e. The van der Waals surface area contributed by atoms with Crippen molar-refractivity contribution in [3.05, 3.63) is 17.4 Å². The standard InChI is InChI=1S/C10H15ClN4O/c1-6(2)5-12-9-13-8(11)14-10(15-9)16-7(3)4/h7H,1,5H2,2-4H3,(H,12,13,14,15). The van der Waals surface area contributed by atoms with Gasteiger partial charge in [-0.15, -0.1) is 0 Å². The van der Waals surface area contributed by atoms with Crippen molar-refractivity contribution in [2.45, 2.75) is 26.9 Å². The van der Waals surface area contributed by atoms with E-state index >= 15 is 0 Å². The lowest BCUT2D eigenvalue weighted by Gasteiger charge is -2.09. The zero-order valence-electron chi connectivity index (χ0n) is 9.62. The summed E-state index contributed by atoms with van der Waals surface area (Å²) in [5, 5.41) is 3.08. The lowest BCUT2D eigenvalue weighted by molar-refractivity contribution is 0.222. The Hall–Kier alpha value is -1.36. The minimum Gasteiger partial charge on any atom is -0.461 e. The van der Waals surface area contributed by atoms with Gasteiger partial charge >= 0.3 is 6.01 Å². The van der Waals surface area contributed by atoms with E-state index in [1.165, 1.54) is 0 Å². The molecule has 0 radical (unpaired) electrons. The Kier molecular flexibility index (Phi) is 4.49. The van der Waals surface area contributed by atoms with Crippen molar-refractivity contribution < 1.29 is 4.74 Å². The first-order valence-electron chi connectivity index (χ1n) is 4.94. The van der Waals surface area contributed by atoms with Crippen molar-refractivity contribution in [1.82, 2.24) is 15.0 Å².